The first-order chi connectivity index (χ1) is 13.1. The molecule has 0 aromatic carbocycles. The summed E-state index contributed by atoms with van der Waals surface area (Å²) in [6.07, 6.45) is 8.20. The molecule has 0 spiro atoms. The van der Waals surface area contributed by atoms with Crippen molar-refractivity contribution in [1.82, 2.24) is 20.0 Å². The van der Waals surface area contributed by atoms with Crippen LogP contribution < -0.4 is 5.32 Å². The van der Waals surface area contributed by atoms with Crippen molar-refractivity contribution in [2.45, 2.75) is 51.9 Å². The molecule has 2 aliphatic heterocycles. The van der Waals surface area contributed by atoms with E-state index in [0.29, 0.717) is 45.2 Å². The van der Waals surface area contributed by atoms with Gasteiger partial charge in [0.25, 0.3) is 0 Å². The molecule has 4 amide bonds. The summed E-state index contributed by atoms with van der Waals surface area (Å²) in [5.74, 6) is 0.668. The van der Waals surface area contributed by atoms with Gasteiger partial charge in [-0.05, 0) is 37.5 Å². The van der Waals surface area contributed by atoms with Gasteiger partial charge in [-0.1, -0.05) is 26.2 Å². The third-order valence-corrected chi connectivity index (χ3v) is 6.52. The van der Waals surface area contributed by atoms with Crippen molar-refractivity contribution in [2.24, 2.45) is 11.8 Å². The van der Waals surface area contributed by atoms with Crippen LogP contribution in [0.5, 0.6) is 0 Å². The Kier molecular flexibility index (Phi) is 6.96. The fourth-order valence-corrected chi connectivity index (χ4v) is 4.49. The second kappa shape index (κ2) is 9.42. The van der Waals surface area contributed by atoms with Crippen molar-refractivity contribution in [2.75, 3.05) is 45.8 Å². The molecule has 1 aliphatic carbocycles. The summed E-state index contributed by atoms with van der Waals surface area (Å²) in [6, 6.07) is -0.0365. The molecular formula is C20H34N4O3. The van der Waals surface area contributed by atoms with Crippen LogP contribution in [0.25, 0.3) is 0 Å². The number of likely N-dealkylation sites (tertiary alicyclic amines) is 1. The van der Waals surface area contributed by atoms with Crippen molar-refractivity contribution >= 4 is 17.8 Å². The molecule has 0 radical (unpaired) electrons. The van der Waals surface area contributed by atoms with Crippen molar-refractivity contribution in [3.63, 3.8) is 0 Å². The lowest BCUT2D eigenvalue weighted by molar-refractivity contribution is -0.152. The van der Waals surface area contributed by atoms with E-state index in [1.54, 1.807) is 14.7 Å². The van der Waals surface area contributed by atoms with E-state index in [1.165, 1.54) is 32.1 Å². The van der Waals surface area contributed by atoms with Gasteiger partial charge >= 0.3 is 17.8 Å². The number of urea groups is 1. The van der Waals surface area contributed by atoms with Gasteiger partial charge in [0.1, 0.15) is 0 Å². The number of carbonyl (C=O) groups is 3. The van der Waals surface area contributed by atoms with Crippen LogP contribution in [0.1, 0.15) is 51.9 Å². The highest BCUT2D eigenvalue weighted by Gasteiger charge is 2.32. The van der Waals surface area contributed by atoms with Crippen LogP contribution in [0.4, 0.5) is 4.79 Å². The van der Waals surface area contributed by atoms with Gasteiger partial charge in [-0.2, -0.15) is 0 Å². The maximum atomic E-state index is 12.4. The summed E-state index contributed by atoms with van der Waals surface area (Å²) in [7, 11) is 0. The standard InChI is InChI=1S/C20H34N4O3/c1-2-16-5-7-17(8-6-16)15-21-20(27)24-13-11-23(12-14-24)19(26)18(25)22-9-3-4-10-22/h16-17H,2-15H2,1H3,(H,21,27). The molecule has 7 nitrogen and oxygen atoms in total. The SMILES string of the molecule is CCC1CCC(CNC(=O)N2CCN(C(=O)C(=O)N3CCCC3)CC2)CC1. The number of amides is 4. The zero-order valence-corrected chi connectivity index (χ0v) is 16.6. The molecule has 27 heavy (non-hydrogen) atoms. The lowest BCUT2D eigenvalue weighted by Gasteiger charge is -2.35. The van der Waals surface area contributed by atoms with E-state index in [2.05, 4.69) is 12.2 Å². The minimum absolute atomic E-state index is 0.0365. The molecule has 0 atom stereocenters. The molecule has 7 heteroatoms. The van der Waals surface area contributed by atoms with Gasteiger partial charge in [-0.3, -0.25) is 9.59 Å². The van der Waals surface area contributed by atoms with Crippen LogP contribution in [-0.2, 0) is 9.59 Å². The maximum absolute atomic E-state index is 12.4. The molecule has 152 valence electrons. The maximum Gasteiger partial charge on any atom is 0.317 e. The van der Waals surface area contributed by atoms with Gasteiger partial charge in [-0.25, -0.2) is 4.79 Å². The summed E-state index contributed by atoms with van der Waals surface area (Å²) >= 11 is 0. The van der Waals surface area contributed by atoms with Crippen LogP contribution in [0.15, 0.2) is 0 Å². The summed E-state index contributed by atoms with van der Waals surface area (Å²) < 4.78 is 0. The average Bonchev–Trinajstić information content (AvgIpc) is 3.26. The second-order valence-corrected chi connectivity index (χ2v) is 8.26. The van der Waals surface area contributed by atoms with E-state index >= 15 is 0 Å². The monoisotopic (exact) mass is 378 g/mol. The van der Waals surface area contributed by atoms with E-state index in [0.717, 1.165) is 25.3 Å². The molecular weight excluding hydrogens is 344 g/mol. The summed E-state index contributed by atoms with van der Waals surface area (Å²) in [4.78, 5) is 42.0. The Balaban J connectivity index is 1.36. The predicted octanol–water partition coefficient (Wildman–Crippen LogP) is 1.68. The number of nitrogens with zero attached hydrogens (tertiary/aromatic N) is 3. The zero-order valence-electron chi connectivity index (χ0n) is 16.6. The van der Waals surface area contributed by atoms with Crippen molar-refractivity contribution in [3.8, 4) is 0 Å². The van der Waals surface area contributed by atoms with Gasteiger partial charge < -0.3 is 20.0 Å². The lowest BCUT2D eigenvalue weighted by Crippen LogP contribution is -2.56. The van der Waals surface area contributed by atoms with Gasteiger partial charge in [0.05, 0.1) is 0 Å². The highest BCUT2D eigenvalue weighted by atomic mass is 16.2. The Morgan fingerprint density at radius 3 is 1.78 bits per heavy atom. The smallest absolute Gasteiger partial charge is 0.317 e. The van der Waals surface area contributed by atoms with E-state index in [9.17, 15) is 14.4 Å². The van der Waals surface area contributed by atoms with Gasteiger partial charge in [0.2, 0.25) is 0 Å². The Morgan fingerprint density at radius 1 is 0.741 bits per heavy atom. The van der Waals surface area contributed by atoms with E-state index < -0.39 is 5.91 Å². The zero-order chi connectivity index (χ0) is 19.2. The molecule has 0 aromatic heterocycles. The minimum Gasteiger partial charge on any atom is -0.338 e. The van der Waals surface area contributed by atoms with Crippen LogP contribution >= 0.6 is 0 Å². The molecule has 2 heterocycles. The van der Waals surface area contributed by atoms with E-state index in [1.807, 2.05) is 0 Å². The quantitative estimate of drug-likeness (QED) is 0.760. The number of piperazine rings is 1. The van der Waals surface area contributed by atoms with Gasteiger partial charge in [-0.15, -0.1) is 0 Å². The van der Waals surface area contributed by atoms with Crippen LogP contribution in [0, 0.1) is 11.8 Å². The first kappa shape index (κ1) is 20.0. The Morgan fingerprint density at radius 2 is 1.22 bits per heavy atom. The summed E-state index contributed by atoms with van der Waals surface area (Å²) in [5, 5.41) is 3.07. The minimum atomic E-state index is -0.412. The second-order valence-electron chi connectivity index (χ2n) is 8.26. The fraction of sp³-hybridized carbons (Fsp3) is 0.850. The molecule has 3 rings (SSSR count). The highest BCUT2D eigenvalue weighted by molar-refractivity contribution is 6.35. The number of hydrogen-bond donors (Lipinski definition) is 1. The van der Waals surface area contributed by atoms with Crippen molar-refractivity contribution in [3.05, 3.63) is 0 Å². The Hall–Kier alpha value is -1.79. The molecule has 0 aromatic rings. The predicted molar refractivity (Wildman–Crippen MR) is 103 cm³/mol. The van der Waals surface area contributed by atoms with E-state index in [-0.39, 0.29) is 11.9 Å². The summed E-state index contributed by atoms with van der Waals surface area (Å²) in [5.41, 5.74) is 0. The number of carbonyl (C=O) groups excluding carboxylic acids is 3. The molecule has 3 fully saturated rings. The average molecular weight is 379 g/mol. The number of hydrogen-bond acceptors (Lipinski definition) is 3. The number of rotatable bonds is 3. The third-order valence-electron chi connectivity index (χ3n) is 6.52. The molecule has 3 aliphatic rings. The molecule has 2 saturated heterocycles. The molecule has 0 unspecified atom stereocenters. The van der Waals surface area contributed by atoms with Gasteiger partial charge in [0.15, 0.2) is 0 Å². The van der Waals surface area contributed by atoms with E-state index in [4.69, 9.17) is 0 Å². The lowest BCUT2D eigenvalue weighted by atomic mass is 9.81. The first-order valence-electron chi connectivity index (χ1n) is 10.7. The van der Waals surface area contributed by atoms with Crippen molar-refractivity contribution < 1.29 is 14.4 Å². The molecule has 1 N–H and O–H groups in total. The fourth-order valence-electron chi connectivity index (χ4n) is 4.49. The normalized spacial score (nSPS) is 26.2. The van der Waals surface area contributed by atoms with Crippen LogP contribution in [0.2, 0.25) is 0 Å². The van der Waals surface area contributed by atoms with Crippen LogP contribution in [-0.4, -0.2) is 78.4 Å². The highest BCUT2D eigenvalue weighted by Crippen LogP contribution is 2.30. The summed E-state index contributed by atoms with van der Waals surface area (Å²) in [6.45, 7) is 6.25. The van der Waals surface area contributed by atoms with Crippen molar-refractivity contribution in [1.29, 1.82) is 0 Å². The number of nitrogens with one attached hydrogen (secondary N) is 1. The first-order valence-corrected chi connectivity index (χ1v) is 10.7. The van der Waals surface area contributed by atoms with Crippen LogP contribution in [0.3, 0.4) is 0 Å². The molecule has 0 bridgehead atoms. The topological polar surface area (TPSA) is 73.0 Å². The third kappa shape index (κ3) is 5.14. The molecule has 1 saturated carbocycles. The Bertz CT molecular complexity index is 531. The largest absolute Gasteiger partial charge is 0.338 e. The van der Waals surface area contributed by atoms with Gasteiger partial charge in [0, 0.05) is 45.8 Å². The Labute approximate surface area is 162 Å².